The van der Waals surface area contributed by atoms with Gasteiger partial charge in [0.2, 0.25) is 0 Å². The molecule has 20 heavy (non-hydrogen) atoms. The van der Waals surface area contributed by atoms with E-state index >= 15 is 0 Å². The number of phenolic OH excluding ortho intramolecular Hbond substituents is 1. The number of phenols is 1. The van der Waals surface area contributed by atoms with E-state index in [0.717, 1.165) is 17.2 Å². The van der Waals surface area contributed by atoms with Crippen LogP contribution in [-0.4, -0.2) is 10.2 Å². The fourth-order valence-corrected chi connectivity index (χ4v) is 2.01. The molecule has 1 unspecified atom stereocenters. The van der Waals surface area contributed by atoms with Gasteiger partial charge in [-0.15, -0.1) is 0 Å². The second-order valence-electron chi connectivity index (χ2n) is 4.78. The minimum absolute atomic E-state index is 0.0306. The lowest BCUT2D eigenvalue weighted by Crippen LogP contribution is -2.19. The molecule has 2 aromatic rings. The van der Waals surface area contributed by atoms with Crippen molar-refractivity contribution >= 4 is 0 Å². The van der Waals surface area contributed by atoms with Crippen LogP contribution in [-0.2, 0) is 13.2 Å². The van der Waals surface area contributed by atoms with Crippen molar-refractivity contribution in [1.82, 2.24) is 5.32 Å². The van der Waals surface area contributed by atoms with Crippen molar-refractivity contribution in [1.29, 1.82) is 0 Å². The summed E-state index contributed by atoms with van der Waals surface area (Å²) in [5, 5.41) is 21.4. The number of halogens is 1. The first-order valence-electron chi connectivity index (χ1n) is 6.50. The molecular formula is C16H18FNO2. The van der Waals surface area contributed by atoms with Crippen LogP contribution in [0.25, 0.3) is 0 Å². The maximum atomic E-state index is 13.7. The van der Waals surface area contributed by atoms with Crippen molar-refractivity contribution in [2.45, 2.75) is 26.1 Å². The Hall–Kier alpha value is -1.91. The zero-order valence-electron chi connectivity index (χ0n) is 11.3. The van der Waals surface area contributed by atoms with Gasteiger partial charge in [0.15, 0.2) is 0 Å². The van der Waals surface area contributed by atoms with E-state index in [1.54, 1.807) is 6.07 Å². The van der Waals surface area contributed by atoms with Crippen molar-refractivity contribution in [2.24, 2.45) is 0 Å². The van der Waals surface area contributed by atoms with Crippen LogP contribution in [0.5, 0.6) is 5.75 Å². The molecule has 2 aromatic carbocycles. The molecule has 0 heterocycles. The molecule has 3 nitrogen and oxygen atoms in total. The zero-order valence-corrected chi connectivity index (χ0v) is 11.3. The number of rotatable bonds is 5. The van der Waals surface area contributed by atoms with Crippen molar-refractivity contribution < 1.29 is 14.6 Å². The van der Waals surface area contributed by atoms with Crippen molar-refractivity contribution in [3.05, 3.63) is 65.0 Å². The Labute approximate surface area is 117 Å². The molecule has 0 radical (unpaired) electrons. The van der Waals surface area contributed by atoms with E-state index in [-0.39, 0.29) is 18.4 Å². The third kappa shape index (κ3) is 3.56. The maximum Gasteiger partial charge on any atom is 0.131 e. The Kier molecular flexibility index (Phi) is 4.71. The predicted molar refractivity (Wildman–Crippen MR) is 75.7 cm³/mol. The number of aliphatic hydroxyl groups is 1. The summed E-state index contributed by atoms with van der Waals surface area (Å²) < 4.78 is 13.7. The third-order valence-corrected chi connectivity index (χ3v) is 3.27. The molecule has 1 atom stereocenters. The molecular weight excluding hydrogens is 257 g/mol. The molecule has 0 spiro atoms. The smallest absolute Gasteiger partial charge is 0.131 e. The molecule has 0 bridgehead atoms. The van der Waals surface area contributed by atoms with Crippen LogP contribution in [0.2, 0.25) is 0 Å². The van der Waals surface area contributed by atoms with Crippen LogP contribution in [0.3, 0.4) is 0 Å². The Morgan fingerprint density at radius 2 is 1.75 bits per heavy atom. The Morgan fingerprint density at radius 1 is 1.10 bits per heavy atom. The molecule has 0 aliphatic carbocycles. The molecule has 106 valence electrons. The summed E-state index contributed by atoms with van der Waals surface area (Å²) in [7, 11) is 0. The Balaban J connectivity index is 1.98. The lowest BCUT2D eigenvalue weighted by atomic mass is 10.1. The molecule has 0 saturated carbocycles. The van der Waals surface area contributed by atoms with Gasteiger partial charge < -0.3 is 15.5 Å². The number of nitrogens with one attached hydrogen (secondary N) is 1. The largest absolute Gasteiger partial charge is 0.508 e. The van der Waals surface area contributed by atoms with E-state index in [0.29, 0.717) is 12.1 Å². The lowest BCUT2D eigenvalue weighted by Gasteiger charge is -2.15. The Bertz CT molecular complexity index is 569. The van der Waals surface area contributed by atoms with Crippen molar-refractivity contribution in [3.63, 3.8) is 0 Å². The average molecular weight is 275 g/mol. The van der Waals surface area contributed by atoms with Gasteiger partial charge in [-0.2, -0.15) is 0 Å². The van der Waals surface area contributed by atoms with Crippen LogP contribution in [0, 0.1) is 5.82 Å². The standard InChI is InChI=1S/C16H18FNO2/c1-11(15-7-6-14(20)8-16(15)17)18-9-12-2-4-13(10-19)5-3-12/h2-8,11,18-20H,9-10H2,1H3. The molecule has 0 saturated heterocycles. The second kappa shape index (κ2) is 6.50. The molecule has 2 rings (SSSR count). The molecule has 0 aliphatic heterocycles. The minimum Gasteiger partial charge on any atom is -0.508 e. The van der Waals surface area contributed by atoms with E-state index in [2.05, 4.69) is 5.32 Å². The molecule has 0 amide bonds. The first kappa shape index (κ1) is 14.5. The average Bonchev–Trinajstić information content (AvgIpc) is 2.45. The highest BCUT2D eigenvalue weighted by Gasteiger charge is 2.10. The predicted octanol–water partition coefficient (Wildman–Crippen LogP) is 2.87. The molecule has 0 aliphatic rings. The van der Waals surface area contributed by atoms with E-state index < -0.39 is 5.82 Å². The number of aliphatic hydroxyl groups excluding tert-OH is 1. The summed E-state index contributed by atoms with van der Waals surface area (Å²) in [6.45, 7) is 2.51. The van der Waals surface area contributed by atoms with Gasteiger partial charge in [-0.05, 0) is 24.1 Å². The van der Waals surface area contributed by atoms with E-state index in [1.165, 1.54) is 6.07 Å². The van der Waals surface area contributed by atoms with Crippen molar-refractivity contribution in [3.8, 4) is 5.75 Å². The molecule has 0 fully saturated rings. The fourth-order valence-electron chi connectivity index (χ4n) is 2.01. The topological polar surface area (TPSA) is 52.5 Å². The third-order valence-electron chi connectivity index (χ3n) is 3.27. The van der Waals surface area contributed by atoms with Crippen LogP contribution in [0.4, 0.5) is 4.39 Å². The monoisotopic (exact) mass is 275 g/mol. The van der Waals surface area contributed by atoms with Crippen LogP contribution in [0.1, 0.15) is 29.7 Å². The summed E-state index contributed by atoms with van der Waals surface area (Å²) in [5.41, 5.74) is 2.45. The van der Waals surface area contributed by atoms with Gasteiger partial charge in [0.05, 0.1) is 6.61 Å². The van der Waals surface area contributed by atoms with Gasteiger partial charge in [-0.25, -0.2) is 4.39 Å². The second-order valence-corrected chi connectivity index (χ2v) is 4.78. The highest BCUT2D eigenvalue weighted by molar-refractivity contribution is 5.29. The van der Waals surface area contributed by atoms with Crippen LogP contribution < -0.4 is 5.32 Å². The van der Waals surface area contributed by atoms with E-state index in [9.17, 15) is 9.50 Å². The normalized spacial score (nSPS) is 12.3. The van der Waals surface area contributed by atoms with Crippen LogP contribution in [0.15, 0.2) is 42.5 Å². The number of hydrogen-bond acceptors (Lipinski definition) is 3. The number of hydrogen-bond donors (Lipinski definition) is 3. The van der Waals surface area contributed by atoms with Crippen LogP contribution >= 0.6 is 0 Å². The van der Waals surface area contributed by atoms with E-state index in [1.807, 2.05) is 31.2 Å². The van der Waals surface area contributed by atoms with Gasteiger partial charge >= 0.3 is 0 Å². The van der Waals surface area contributed by atoms with Gasteiger partial charge in [-0.1, -0.05) is 30.3 Å². The fraction of sp³-hybridized carbons (Fsp3) is 0.250. The van der Waals surface area contributed by atoms with Crippen molar-refractivity contribution in [2.75, 3.05) is 0 Å². The SMILES string of the molecule is CC(NCc1ccc(CO)cc1)c1ccc(O)cc1F. The van der Waals surface area contributed by atoms with Gasteiger partial charge in [0.25, 0.3) is 0 Å². The maximum absolute atomic E-state index is 13.7. The Morgan fingerprint density at radius 3 is 2.35 bits per heavy atom. The minimum atomic E-state index is -0.416. The highest BCUT2D eigenvalue weighted by atomic mass is 19.1. The van der Waals surface area contributed by atoms with Gasteiger partial charge in [0.1, 0.15) is 11.6 Å². The number of aromatic hydroxyl groups is 1. The summed E-state index contributed by atoms with van der Waals surface area (Å²) >= 11 is 0. The summed E-state index contributed by atoms with van der Waals surface area (Å²) in [4.78, 5) is 0. The highest BCUT2D eigenvalue weighted by Crippen LogP contribution is 2.21. The molecule has 4 heteroatoms. The zero-order chi connectivity index (χ0) is 14.5. The first-order valence-corrected chi connectivity index (χ1v) is 6.50. The molecule has 3 N–H and O–H groups in total. The van der Waals surface area contributed by atoms with Gasteiger partial charge in [0, 0.05) is 24.2 Å². The van der Waals surface area contributed by atoms with E-state index in [4.69, 9.17) is 5.11 Å². The first-order chi connectivity index (χ1) is 9.60. The molecule has 0 aromatic heterocycles. The summed E-state index contributed by atoms with van der Waals surface area (Å²) in [5.74, 6) is -0.487. The quantitative estimate of drug-likeness (QED) is 0.786. The summed E-state index contributed by atoms with van der Waals surface area (Å²) in [6, 6.07) is 11.6. The lowest BCUT2D eigenvalue weighted by molar-refractivity contribution is 0.282. The number of benzene rings is 2. The van der Waals surface area contributed by atoms with Gasteiger partial charge in [-0.3, -0.25) is 0 Å². The summed E-state index contributed by atoms with van der Waals surface area (Å²) in [6.07, 6.45) is 0.